The summed E-state index contributed by atoms with van der Waals surface area (Å²) in [6, 6.07) is 10.5. The van der Waals surface area contributed by atoms with Crippen LogP contribution in [0.25, 0.3) is 0 Å². The number of hydrogen-bond acceptors (Lipinski definition) is 5. The Morgan fingerprint density at radius 2 is 1.89 bits per heavy atom. The molecule has 2 aromatic rings. The van der Waals surface area contributed by atoms with Gasteiger partial charge in [0.15, 0.2) is 5.96 Å². The second-order valence-corrected chi connectivity index (χ2v) is 6.99. The monoisotopic (exact) mass is 370 g/mol. The Bertz CT molecular complexity index is 703. The molecule has 0 saturated carbocycles. The molecular formula is C20H30N6O. The molecule has 146 valence electrons. The number of rotatable bonds is 6. The number of nitrogens with one attached hydrogen (secondary N) is 1. The van der Waals surface area contributed by atoms with Gasteiger partial charge >= 0.3 is 0 Å². The van der Waals surface area contributed by atoms with Crippen molar-refractivity contribution in [3.63, 3.8) is 0 Å². The topological polar surface area (TPSA) is 60.1 Å². The first kappa shape index (κ1) is 19.2. The molecule has 0 radical (unpaired) electrons. The first-order chi connectivity index (χ1) is 13.2. The van der Waals surface area contributed by atoms with Gasteiger partial charge in [-0.15, -0.1) is 0 Å². The van der Waals surface area contributed by atoms with E-state index in [9.17, 15) is 0 Å². The van der Waals surface area contributed by atoms with Crippen molar-refractivity contribution in [1.29, 1.82) is 0 Å². The Kier molecular flexibility index (Phi) is 6.70. The summed E-state index contributed by atoms with van der Waals surface area (Å²) in [5.74, 6) is 0.996. The van der Waals surface area contributed by atoms with E-state index in [1.54, 1.807) is 6.26 Å². The number of guanidine groups is 1. The highest BCUT2D eigenvalue weighted by Gasteiger charge is 2.20. The number of piperazine rings is 1. The molecule has 7 heteroatoms. The van der Waals surface area contributed by atoms with E-state index in [1.165, 1.54) is 11.3 Å². The lowest BCUT2D eigenvalue weighted by Crippen LogP contribution is -2.52. The summed E-state index contributed by atoms with van der Waals surface area (Å²) in [6.45, 7) is 8.43. The molecule has 1 saturated heterocycles. The van der Waals surface area contributed by atoms with E-state index < -0.39 is 0 Å². The van der Waals surface area contributed by atoms with Crippen LogP contribution in [0.1, 0.15) is 18.2 Å². The van der Waals surface area contributed by atoms with Gasteiger partial charge in [0.25, 0.3) is 0 Å². The van der Waals surface area contributed by atoms with Gasteiger partial charge in [-0.25, -0.2) is 4.99 Å². The van der Waals surface area contributed by atoms with Gasteiger partial charge < -0.3 is 19.6 Å². The number of hydrogen-bond donors (Lipinski definition) is 1. The Balaban J connectivity index is 1.55. The number of aliphatic imine (C=N–C) groups is 1. The van der Waals surface area contributed by atoms with Gasteiger partial charge in [-0.3, -0.25) is 4.90 Å². The fourth-order valence-electron chi connectivity index (χ4n) is 3.16. The van der Waals surface area contributed by atoms with Crippen LogP contribution < -0.4 is 10.2 Å². The maximum absolute atomic E-state index is 4.92. The summed E-state index contributed by atoms with van der Waals surface area (Å²) in [5, 5.41) is 7.44. The van der Waals surface area contributed by atoms with E-state index in [2.05, 4.69) is 70.5 Å². The summed E-state index contributed by atoms with van der Waals surface area (Å²) < 4.78 is 4.92. The zero-order valence-corrected chi connectivity index (χ0v) is 16.6. The van der Waals surface area contributed by atoms with Crippen molar-refractivity contribution in [2.75, 3.05) is 51.7 Å². The number of anilines is 1. The molecule has 0 amide bonds. The minimum Gasteiger partial charge on any atom is -0.378 e. The molecule has 27 heavy (non-hydrogen) atoms. The normalized spacial score (nSPS) is 15.8. The molecule has 0 atom stereocenters. The van der Waals surface area contributed by atoms with E-state index in [0.29, 0.717) is 6.54 Å². The summed E-state index contributed by atoms with van der Waals surface area (Å²) >= 11 is 0. The Labute approximate surface area is 161 Å². The predicted molar refractivity (Wildman–Crippen MR) is 109 cm³/mol. The average Bonchev–Trinajstić information content (AvgIpc) is 3.19. The van der Waals surface area contributed by atoms with Crippen molar-refractivity contribution >= 4 is 11.6 Å². The smallest absolute Gasteiger partial charge is 0.194 e. The van der Waals surface area contributed by atoms with Crippen LogP contribution in [0, 0.1) is 0 Å². The van der Waals surface area contributed by atoms with Crippen LogP contribution in [-0.2, 0) is 13.1 Å². The molecular weight excluding hydrogens is 340 g/mol. The SMILES string of the molecule is CCNC(=NCc1ccc(N(C)C)cc1)N1CCN(Cc2ccon2)CC1. The third-order valence-corrected chi connectivity index (χ3v) is 4.75. The lowest BCUT2D eigenvalue weighted by molar-refractivity contribution is 0.169. The molecule has 0 bridgehead atoms. The third kappa shape index (κ3) is 5.47. The molecule has 3 rings (SSSR count). The van der Waals surface area contributed by atoms with Crippen LogP contribution in [0.4, 0.5) is 5.69 Å². The van der Waals surface area contributed by atoms with Crippen LogP contribution in [0.15, 0.2) is 46.1 Å². The average molecular weight is 371 g/mol. The van der Waals surface area contributed by atoms with E-state index >= 15 is 0 Å². The summed E-state index contributed by atoms with van der Waals surface area (Å²) in [6.07, 6.45) is 1.63. The van der Waals surface area contributed by atoms with Crippen molar-refractivity contribution in [1.82, 2.24) is 20.3 Å². The standard InChI is InChI=1S/C20H30N6O/c1-4-21-20(22-15-17-5-7-19(8-6-17)24(2)3)26-12-10-25(11-13-26)16-18-9-14-27-23-18/h5-9,14H,4,10-13,15-16H2,1-3H3,(H,21,22). The third-order valence-electron chi connectivity index (χ3n) is 4.75. The molecule has 1 aromatic carbocycles. The first-order valence-corrected chi connectivity index (χ1v) is 9.57. The zero-order valence-electron chi connectivity index (χ0n) is 16.6. The van der Waals surface area contributed by atoms with Crippen LogP contribution in [-0.4, -0.2) is 67.7 Å². The highest BCUT2D eigenvalue weighted by molar-refractivity contribution is 5.80. The van der Waals surface area contributed by atoms with Crippen LogP contribution in [0.5, 0.6) is 0 Å². The maximum Gasteiger partial charge on any atom is 0.194 e. The fourth-order valence-corrected chi connectivity index (χ4v) is 3.16. The molecule has 7 nitrogen and oxygen atoms in total. The van der Waals surface area contributed by atoms with Gasteiger partial charge in [0.05, 0.1) is 12.2 Å². The van der Waals surface area contributed by atoms with Crippen LogP contribution >= 0.6 is 0 Å². The number of benzene rings is 1. The molecule has 1 aliphatic heterocycles. The minimum atomic E-state index is 0.690. The van der Waals surface area contributed by atoms with E-state index in [4.69, 9.17) is 9.52 Å². The minimum absolute atomic E-state index is 0.690. The van der Waals surface area contributed by atoms with Gasteiger partial charge in [-0.1, -0.05) is 17.3 Å². The van der Waals surface area contributed by atoms with Crippen molar-refractivity contribution in [2.45, 2.75) is 20.0 Å². The summed E-state index contributed by atoms with van der Waals surface area (Å²) in [5.41, 5.74) is 3.42. The van der Waals surface area contributed by atoms with Crippen molar-refractivity contribution < 1.29 is 4.52 Å². The highest BCUT2D eigenvalue weighted by atomic mass is 16.5. The van der Waals surface area contributed by atoms with Crippen molar-refractivity contribution in [2.24, 2.45) is 4.99 Å². The highest BCUT2D eigenvalue weighted by Crippen LogP contribution is 2.13. The second-order valence-electron chi connectivity index (χ2n) is 6.99. The molecule has 1 aromatic heterocycles. The summed E-state index contributed by atoms with van der Waals surface area (Å²) in [7, 11) is 4.11. The Morgan fingerprint density at radius 3 is 2.48 bits per heavy atom. The van der Waals surface area contributed by atoms with Gasteiger partial charge in [-0.05, 0) is 24.6 Å². The largest absolute Gasteiger partial charge is 0.378 e. The molecule has 2 heterocycles. The molecule has 0 unspecified atom stereocenters. The van der Waals surface area contributed by atoms with Crippen LogP contribution in [0.3, 0.4) is 0 Å². The lowest BCUT2D eigenvalue weighted by atomic mass is 10.2. The first-order valence-electron chi connectivity index (χ1n) is 9.57. The van der Waals surface area contributed by atoms with E-state index in [0.717, 1.165) is 50.9 Å². The van der Waals surface area contributed by atoms with Crippen molar-refractivity contribution in [3.05, 3.63) is 47.9 Å². The second kappa shape index (κ2) is 9.41. The van der Waals surface area contributed by atoms with Gasteiger partial charge in [-0.2, -0.15) is 0 Å². The number of aromatic nitrogens is 1. The zero-order chi connectivity index (χ0) is 19.1. The van der Waals surface area contributed by atoms with E-state index in [1.807, 2.05) is 6.07 Å². The van der Waals surface area contributed by atoms with Crippen LogP contribution in [0.2, 0.25) is 0 Å². The summed E-state index contributed by atoms with van der Waals surface area (Å²) in [4.78, 5) is 11.7. The van der Waals surface area contributed by atoms with Gasteiger partial charge in [0.1, 0.15) is 6.26 Å². The molecule has 0 spiro atoms. The lowest BCUT2D eigenvalue weighted by Gasteiger charge is -2.36. The predicted octanol–water partition coefficient (Wildman–Crippen LogP) is 2.02. The molecule has 0 aliphatic carbocycles. The van der Waals surface area contributed by atoms with Gasteiger partial charge in [0, 0.05) is 65.1 Å². The quantitative estimate of drug-likeness (QED) is 0.620. The molecule has 1 fully saturated rings. The van der Waals surface area contributed by atoms with Crippen molar-refractivity contribution in [3.8, 4) is 0 Å². The Morgan fingerprint density at radius 1 is 1.15 bits per heavy atom. The van der Waals surface area contributed by atoms with Gasteiger partial charge in [0.2, 0.25) is 0 Å². The maximum atomic E-state index is 4.92. The fraction of sp³-hybridized carbons (Fsp3) is 0.500. The Hall–Kier alpha value is -2.54. The van der Waals surface area contributed by atoms with E-state index in [-0.39, 0.29) is 0 Å². The number of nitrogens with zero attached hydrogens (tertiary/aromatic N) is 5. The molecule has 1 N–H and O–H groups in total. The molecule has 1 aliphatic rings.